The summed E-state index contributed by atoms with van der Waals surface area (Å²) < 4.78 is 0. The van der Waals surface area contributed by atoms with Crippen LogP contribution in [0.1, 0.15) is 22.3 Å². The molecule has 0 heterocycles. The molecule has 0 saturated carbocycles. The highest BCUT2D eigenvalue weighted by molar-refractivity contribution is 6.60. The van der Waals surface area contributed by atoms with Gasteiger partial charge in [-0.3, -0.25) is 0 Å². The minimum Gasteiger partial charge on any atom is -0.508 e. The Morgan fingerprint density at radius 2 is 0.875 bits per heavy atom. The second-order valence-corrected chi connectivity index (χ2v) is 5.64. The Bertz CT molecular complexity index is 655. The maximum atomic E-state index is 9.43. The van der Waals surface area contributed by atoms with Crippen LogP contribution in [0.15, 0.2) is 24.3 Å². The fourth-order valence-electron chi connectivity index (χ4n) is 2.06. The van der Waals surface area contributed by atoms with Gasteiger partial charge in [0.25, 0.3) is 0 Å². The quantitative estimate of drug-likeness (QED) is 0.408. The van der Waals surface area contributed by atoms with Crippen LogP contribution in [0.5, 0.6) is 11.5 Å². The van der Waals surface area contributed by atoms with E-state index in [0.717, 1.165) is 11.1 Å². The maximum absolute atomic E-state index is 9.43. The van der Waals surface area contributed by atoms with Crippen molar-refractivity contribution in [2.45, 2.75) is 27.7 Å². The number of phenols is 2. The number of aromatic hydroxyl groups is 2. The van der Waals surface area contributed by atoms with E-state index in [1.54, 1.807) is 26.0 Å². The zero-order valence-electron chi connectivity index (χ0n) is 14.1. The van der Waals surface area contributed by atoms with Crippen molar-refractivity contribution in [1.82, 2.24) is 0 Å². The van der Waals surface area contributed by atoms with E-state index in [9.17, 15) is 10.2 Å². The van der Waals surface area contributed by atoms with Gasteiger partial charge in [0.2, 0.25) is 0 Å². The summed E-state index contributed by atoms with van der Waals surface area (Å²) in [5, 5.41) is 54.1. The molecule has 0 saturated heterocycles. The molecule has 6 N–H and O–H groups in total. The topological polar surface area (TPSA) is 121 Å². The number of phenolic OH excluding ortho intramolecular Hbond substituents is 2. The highest BCUT2D eigenvalue weighted by atomic mass is 16.4. The third-order valence-electron chi connectivity index (χ3n) is 4.02. The Hall–Kier alpha value is -1.99. The van der Waals surface area contributed by atoms with Crippen molar-refractivity contribution in [2.24, 2.45) is 0 Å². The molecule has 0 unspecified atom stereocenters. The monoisotopic (exact) mass is 332 g/mol. The molecule has 8 heteroatoms. The predicted octanol–water partition coefficient (Wildman–Crippen LogP) is -0.622. The molecule has 2 aromatic carbocycles. The van der Waals surface area contributed by atoms with Crippen LogP contribution in [0.4, 0.5) is 0 Å². The van der Waals surface area contributed by atoms with Crippen molar-refractivity contribution in [3.8, 4) is 11.5 Å². The van der Waals surface area contributed by atoms with Crippen LogP contribution in [-0.4, -0.2) is 44.5 Å². The van der Waals surface area contributed by atoms with Crippen LogP contribution < -0.4 is 10.9 Å². The van der Waals surface area contributed by atoms with Gasteiger partial charge in [-0.05, 0) is 49.9 Å². The minimum atomic E-state index is -1.61. The third-order valence-corrected chi connectivity index (χ3v) is 4.02. The molecule has 6 nitrogen and oxygen atoms in total. The first-order valence-electron chi connectivity index (χ1n) is 7.38. The van der Waals surface area contributed by atoms with Crippen molar-refractivity contribution < 1.29 is 30.3 Å². The van der Waals surface area contributed by atoms with E-state index in [-0.39, 0.29) is 22.4 Å². The molecule has 0 spiro atoms. The summed E-state index contributed by atoms with van der Waals surface area (Å²) in [5.74, 6) is -0.0741. The molecule has 0 aliphatic carbocycles. The highest BCUT2D eigenvalue weighted by Crippen LogP contribution is 2.17. The molecular weight excluding hydrogens is 310 g/mol. The lowest BCUT2D eigenvalue weighted by molar-refractivity contribution is 0.417. The van der Waals surface area contributed by atoms with Crippen LogP contribution in [0.2, 0.25) is 0 Å². The summed E-state index contributed by atoms with van der Waals surface area (Å²) in [6.45, 7) is 7.16. The van der Waals surface area contributed by atoms with Crippen LogP contribution in [0.25, 0.3) is 0 Å². The molecule has 0 radical (unpaired) electrons. The number of rotatable bonds is 2. The summed E-state index contributed by atoms with van der Waals surface area (Å²) in [6.07, 6.45) is 0. The smallest absolute Gasteiger partial charge is 0.492 e. The second kappa shape index (κ2) is 8.21. The normalized spacial score (nSPS) is 10.0. The third kappa shape index (κ3) is 4.52. The van der Waals surface area contributed by atoms with Gasteiger partial charge in [0.15, 0.2) is 0 Å². The van der Waals surface area contributed by atoms with Crippen molar-refractivity contribution in [3.05, 3.63) is 46.5 Å². The minimum absolute atomic E-state index is 0.0370. The second-order valence-electron chi connectivity index (χ2n) is 5.64. The van der Waals surface area contributed by atoms with E-state index >= 15 is 0 Å². The molecule has 0 aromatic heterocycles. The fraction of sp³-hybridized carbons (Fsp3) is 0.250. The Morgan fingerprint density at radius 1 is 0.583 bits per heavy atom. The molecule has 2 rings (SSSR count). The van der Waals surface area contributed by atoms with Gasteiger partial charge >= 0.3 is 14.2 Å². The lowest BCUT2D eigenvalue weighted by Crippen LogP contribution is -2.30. The summed E-state index contributed by atoms with van der Waals surface area (Å²) in [5.41, 5.74) is 3.52. The lowest BCUT2D eigenvalue weighted by Gasteiger charge is -2.07. The number of aryl methyl sites for hydroxylation is 2. The molecule has 128 valence electrons. The highest BCUT2D eigenvalue weighted by Gasteiger charge is 2.18. The summed E-state index contributed by atoms with van der Waals surface area (Å²) >= 11 is 0. The van der Waals surface area contributed by atoms with Crippen LogP contribution in [-0.2, 0) is 0 Å². The van der Waals surface area contributed by atoms with Crippen molar-refractivity contribution >= 4 is 25.2 Å². The average Bonchev–Trinajstić information content (AvgIpc) is 2.50. The average molecular weight is 332 g/mol. The van der Waals surface area contributed by atoms with Gasteiger partial charge in [-0.2, -0.15) is 0 Å². The van der Waals surface area contributed by atoms with E-state index in [1.165, 1.54) is 12.1 Å². The number of hydrogen-bond acceptors (Lipinski definition) is 6. The fourth-order valence-corrected chi connectivity index (χ4v) is 2.06. The molecule has 24 heavy (non-hydrogen) atoms. The van der Waals surface area contributed by atoms with E-state index in [2.05, 4.69) is 0 Å². The molecule has 0 aliphatic heterocycles. The summed E-state index contributed by atoms with van der Waals surface area (Å²) in [4.78, 5) is 0. The van der Waals surface area contributed by atoms with Gasteiger partial charge in [-0.1, -0.05) is 24.3 Å². The van der Waals surface area contributed by atoms with Gasteiger partial charge in [-0.25, -0.2) is 0 Å². The van der Waals surface area contributed by atoms with Gasteiger partial charge in [0.1, 0.15) is 11.5 Å². The zero-order valence-corrected chi connectivity index (χ0v) is 14.1. The Labute approximate surface area is 142 Å². The Kier molecular flexibility index (Phi) is 6.86. The molecule has 2 aromatic rings. The molecule has 0 atom stereocenters. The molecule has 0 fully saturated rings. The van der Waals surface area contributed by atoms with Crippen LogP contribution in [0, 0.1) is 27.7 Å². The van der Waals surface area contributed by atoms with Crippen LogP contribution in [0.3, 0.4) is 0 Å². The van der Waals surface area contributed by atoms with Gasteiger partial charge in [0.05, 0.1) is 0 Å². The first-order valence-corrected chi connectivity index (χ1v) is 7.38. The SMILES string of the molecule is Cc1ccc(B(O)O)c(O)c1C.Cc1ccc(B(O)O)c(O)c1C. The molecule has 0 bridgehead atoms. The first-order chi connectivity index (χ1) is 11.1. The standard InChI is InChI=1S/2C8H11BO3/c2*1-5-3-4-7(9(11)12)8(10)6(5)2/h2*3-4,10-12H,1-2H3. The molecular formula is C16H22B2O6. The largest absolute Gasteiger partial charge is 0.508 e. The van der Waals surface area contributed by atoms with Crippen molar-refractivity contribution in [1.29, 1.82) is 0 Å². The van der Waals surface area contributed by atoms with Crippen molar-refractivity contribution in [2.75, 3.05) is 0 Å². The van der Waals surface area contributed by atoms with Gasteiger partial charge < -0.3 is 30.3 Å². The van der Waals surface area contributed by atoms with Gasteiger partial charge in [-0.15, -0.1) is 0 Å². The van der Waals surface area contributed by atoms with E-state index in [4.69, 9.17) is 20.1 Å². The van der Waals surface area contributed by atoms with Gasteiger partial charge in [0, 0.05) is 10.9 Å². The lowest BCUT2D eigenvalue weighted by atomic mass is 9.78. The number of hydrogen-bond donors (Lipinski definition) is 6. The number of benzene rings is 2. The van der Waals surface area contributed by atoms with E-state index in [1.807, 2.05) is 13.8 Å². The first kappa shape index (κ1) is 20.1. The summed E-state index contributed by atoms with van der Waals surface area (Å²) in [6, 6.07) is 6.48. The molecule has 0 aliphatic rings. The Balaban J connectivity index is 0.000000240. The zero-order chi connectivity index (χ0) is 18.6. The van der Waals surface area contributed by atoms with E-state index < -0.39 is 14.2 Å². The molecule has 0 amide bonds. The van der Waals surface area contributed by atoms with Crippen LogP contribution >= 0.6 is 0 Å². The van der Waals surface area contributed by atoms with E-state index in [0.29, 0.717) is 11.1 Å². The maximum Gasteiger partial charge on any atom is 0.492 e. The summed E-state index contributed by atoms with van der Waals surface area (Å²) in [7, 11) is -3.21. The van der Waals surface area contributed by atoms with Crippen molar-refractivity contribution in [3.63, 3.8) is 0 Å². The predicted molar refractivity (Wildman–Crippen MR) is 94.8 cm³/mol. The Morgan fingerprint density at radius 3 is 1.12 bits per heavy atom.